The van der Waals surface area contributed by atoms with Crippen LogP contribution in [0.2, 0.25) is 0 Å². The maximum absolute atomic E-state index is 4.75. The van der Waals surface area contributed by atoms with Gasteiger partial charge in [0.1, 0.15) is 0 Å². The van der Waals surface area contributed by atoms with E-state index in [1.807, 2.05) is 6.20 Å². The van der Waals surface area contributed by atoms with Crippen LogP contribution >= 0.6 is 0 Å². The number of aryl methyl sites for hydroxylation is 1. The van der Waals surface area contributed by atoms with Crippen molar-refractivity contribution in [3.8, 4) is 0 Å². The minimum atomic E-state index is 0.622. The van der Waals surface area contributed by atoms with Crippen molar-refractivity contribution in [2.24, 2.45) is 11.8 Å². The van der Waals surface area contributed by atoms with Crippen LogP contribution in [-0.4, -0.2) is 17.6 Å². The van der Waals surface area contributed by atoms with E-state index in [0.717, 1.165) is 18.4 Å². The van der Waals surface area contributed by atoms with E-state index in [2.05, 4.69) is 31.3 Å². The Bertz CT molecular complexity index is 439. The Morgan fingerprint density at radius 2 is 2.20 bits per heavy atom. The minimum absolute atomic E-state index is 0.622. The maximum atomic E-state index is 4.75. The lowest BCUT2D eigenvalue weighted by Gasteiger charge is -2.36. The molecular formula is C18H28N2. The Hall–Kier alpha value is -0.890. The Labute approximate surface area is 123 Å². The van der Waals surface area contributed by atoms with Crippen molar-refractivity contribution in [1.82, 2.24) is 10.3 Å². The number of nitrogens with one attached hydrogen (secondary N) is 1. The zero-order valence-corrected chi connectivity index (χ0v) is 12.9. The Morgan fingerprint density at radius 3 is 2.95 bits per heavy atom. The highest BCUT2D eigenvalue weighted by atomic mass is 14.9. The summed E-state index contributed by atoms with van der Waals surface area (Å²) in [5.74, 6) is 2.38. The molecule has 1 saturated carbocycles. The van der Waals surface area contributed by atoms with Crippen LogP contribution in [0.3, 0.4) is 0 Å². The van der Waals surface area contributed by atoms with Crippen LogP contribution in [0.4, 0.5) is 0 Å². The zero-order chi connectivity index (χ0) is 13.9. The Balaban J connectivity index is 1.83. The minimum Gasteiger partial charge on any atom is -0.313 e. The predicted molar refractivity (Wildman–Crippen MR) is 83.9 cm³/mol. The van der Waals surface area contributed by atoms with E-state index in [4.69, 9.17) is 4.98 Å². The van der Waals surface area contributed by atoms with E-state index in [1.165, 1.54) is 49.8 Å². The molecule has 1 N–H and O–H groups in total. The van der Waals surface area contributed by atoms with Gasteiger partial charge >= 0.3 is 0 Å². The van der Waals surface area contributed by atoms with Gasteiger partial charge < -0.3 is 5.32 Å². The number of hydrogen-bond donors (Lipinski definition) is 1. The summed E-state index contributed by atoms with van der Waals surface area (Å²) in [6, 6.07) is 5.00. The van der Waals surface area contributed by atoms with Crippen molar-refractivity contribution >= 4 is 0 Å². The molecule has 2 aliphatic carbocycles. The lowest BCUT2D eigenvalue weighted by molar-refractivity contribution is 0.275. The molecular weight excluding hydrogens is 244 g/mol. The second-order valence-corrected chi connectivity index (χ2v) is 6.72. The smallest absolute Gasteiger partial charge is 0.0482 e. The van der Waals surface area contributed by atoms with Gasteiger partial charge in [0.05, 0.1) is 0 Å². The average Bonchev–Trinajstić information content (AvgIpc) is 3.32. The van der Waals surface area contributed by atoms with Crippen molar-refractivity contribution in [3.05, 3.63) is 29.6 Å². The SMILES string of the molecule is CCCNC(C1CCCc2cccnc21)C(C)C1CC1. The molecule has 3 rings (SSSR count). The van der Waals surface area contributed by atoms with Crippen molar-refractivity contribution < 1.29 is 0 Å². The average molecular weight is 272 g/mol. The summed E-state index contributed by atoms with van der Waals surface area (Å²) < 4.78 is 0. The first-order chi connectivity index (χ1) is 9.81. The van der Waals surface area contributed by atoms with E-state index in [1.54, 1.807) is 0 Å². The molecule has 3 atom stereocenters. The molecule has 0 bridgehead atoms. The first kappa shape index (κ1) is 14.1. The van der Waals surface area contributed by atoms with Crippen molar-refractivity contribution in [1.29, 1.82) is 0 Å². The lowest BCUT2D eigenvalue weighted by atomic mass is 9.76. The summed E-state index contributed by atoms with van der Waals surface area (Å²) in [6.07, 6.45) is 9.93. The third kappa shape index (κ3) is 2.90. The molecule has 0 aromatic carbocycles. The monoisotopic (exact) mass is 272 g/mol. The van der Waals surface area contributed by atoms with Gasteiger partial charge in [-0.1, -0.05) is 19.9 Å². The quantitative estimate of drug-likeness (QED) is 0.849. The second kappa shape index (κ2) is 6.26. The molecule has 2 aliphatic rings. The highest BCUT2D eigenvalue weighted by Gasteiger charge is 2.38. The second-order valence-electron chi connectivity index (χ2n) is 6.72. The number of pyridine rings is 1. The molecule has 0 amide bonds. The number of fused-ring (bicyclic) bond motifs is 1. The van der Waals surface area contributed by atoms with Gasteiger partial charge in [-0.15, -0.1) is 0 Å². The normalized spacial score (nSPS) is 25.0. The molecule has 1 aromatic heterocycles. The van der Waals surface area contributed by atoms with Crippen molar-refractivity contribution in [2.75, 3.05) is 6.54 Å². The molecule has 2 nitrogen and oxygen atoms in total. The van der Waals surface area contributed by atoms with Gasteiger partial charge in [0, 0.05) is 23.9 Å². The molecule has 0 aliphatic heterocycles. The summed E-state index contributed by atoms with van der Waals surface area (Å²) in [4.78, 5) is 4.75. The largest absolute Gasteiger partial charge is 0.313 e. The highest BCUT2D eigenvalue weighted by molar-refractivity contribution is 5.27. The fraction of sp³-hybridized carbons (Fsp3) is 0.722. The van der Waals surface area contributed by atoms with E-state index < -0.39 is 0 Å². The van der Waals surface area contributed by atoms with Gasteiger partial charge in [-0.2, -0.15) is 0 Å². The maximum Gasteiger partial charge on any atom is 0.0482 e. The van der Waals surface area contributed by atoms with Gasteiger partial charge in [0.2, 0.25) is 0 Å². The van der Waals surface area contributed by atoms with Crippen molar-refractivity contribution in [2.45, 2.75) is 64.3 Å². The number of nitrogens with zero attached hydrogens (tertiary/aromatic N) is 1. The molecule has 110 valence electrons. The summed E-state index contributed by atoms with van der Waals surface area (Å²) in [5, 5.41) is 3.86. The summed E-state index contributed by atoms with van der Waals surface area (Å²) in [6.45, 7) is 5.86. The van der Waals surface area contributed by atoms with E-state index in [9.17, 15) is 0 Å². The molecule has 1 aromatic rings. The molecule has 0 saturated heterocycles. The summed E-state index contributed by atoms with van der Waals surface area (Å²) in [5.41, 5.74) is 2.88. The third-order valence-corrected chi connectivity index (χ3v) is 5.23. The molecule has 20 heavy (non-hydrogen) atoms. The standard InChI is InChI=1S/C18H28N2/c1-3-11-19-17(13(2)14-9-10-14)16-8-4-6-15-7-5-12-20-18(15)16/h5,7,12-14,16-17,19H,3-4,6,8-11H2,1-2H3. The fourth-order valence-corrected chi connectivity index (χ4v) is 3.92. The predicted octanol–water partition coefficient (Wildman–Crippen LogP) is 3.92. The molecule has 0 radical (unpaired) electrons. The van der Waals surface area contributed by atoms with Crippen LogP contribution in [0.1, 0.15) is 63.1 Å². The van der Waals surface area contributed by atoms with Crippen LogP contribution in [-0.2, 0) is 6.42 Å². The molecule has 3 unspecified atom stereocenters. The number of rotatable bonds is 6. The fourth-order valence-electron chi connectivity index (χ4n) is 3.92. The van der Waals surface area contributed by atoms with Crippen LogP contribution in [0.5, 0.6) is 0 Å². The lowest BCUT2D eigenvalue weighted by Crippen LogP contribution is -2.42. The van der Waals surface area contributed by atoms with Crippen LogP contribution in [0.15, 0.2) is 18.3 Å². The highest BCUT2D eigenvalue weighted by Crippen LogP contribution is 2.43. The van der Waals surface area contributed by atoms with Crippen LogP contribution in [0.25, 0.3) is 0 Å². The van der Waals surface area contributed by atoms with Gasteiger partial charge in [-0.25, -0.2) is 0 Å². The third-order valence-electron chi connectivity index (χ3n) is 5.23. The summed E-state index contributed by atoms with van der Waals surface area (Å²) >= 11 is 0. The molecule has 1 fully saturated rings. The van der Waals surface area contributed by atoms with Gasteiger partial charge in [0.15, 0.2) is 0 Å². The number of hydrogen-bond acceptors (Lipinski definition) is 2. The Kier molecular flexibility index (Phi) is 4.40. The van der Waals surface area contributed by atoms with Gasteiger partial charge in [0.25, 0.3) is 0 Å². The Morgan fingerprint density at radius 1 is 1.35 bits per heavy atom. The van der Waals surface area contributed by atoms with Gasteiger partial charge in [-0.05, 0) is 68.5 Å². The molecule has 2 heteroatoms. The van der Waals surface area contributed by atoms with E-state index >= 15 is 0 Å². The molecule has 0 spiro atoms. The first-order valence-corrected chi connectivity index (χ1v) is 8.48. The van der Waals surface area contributed by atoms with Crippen LogP contribution < -0.4 is 5.32 Å². The van der Waals surface area contributed by atoms with E-state index in [0.29, 0.717) is 12.0 Å². The molecule has 1 heterocycles. The van der Waals surface area contributed by atoms with Gasteiger partial charge in [-0.3, -0.25) is 4.98 Å². The number of aromatic nitrogens is 1. The first-order valence-electron chi connectivity index (χ1n) is 8.48. The van der Waals surface area contributed by atoms with Crippen molar-refractivity contribution in [3.63, 3.8) is 0 Å². The van der Waals surface area contributed by atoms with E-state index in [-0.39, 0.29) is 0 Å². The zero-order valence-electron chi connectivity index (χ0n) is 12.9. The topological polar surface area (TPSA) is 24.9 Å². The summed E-state index contributed by atoms with van der Waals surface area (Å²) in [7, 11) is 0. The van der Waals surface area contributed by atoms with Crippen LogP contribution in [0, 0.1) is 11.8 Å².